The Morgan fingerprint density at radius 3 is 2.70 bits per heavy atom. The lowest BCUT2D eigenvalue weighted by molar-refractivity contribution is 0.0959. The summed E-state index contributed by atoms with van der Waals surface area (Å²) < 4.78 is 8.48. The zero-order valence-electron chi connectivity index (χ0n) is 17.4. The van der Waals surface area contributed by atoms with E-state index in [1.54, 1.807) is 4.90 Å². The van der Waals surface area contributed by atoms with E-state index < -0.39 is 0 Å². The summed E-state index contributed by atoms with van der Waals surface area (Å²) in [6, 6.07) is 9.78. The maximum absolute atomic E-state index is 12.3. The van der Waals surface area contributed by atoms with Gasteiger partial charge in [0.05, 0.1) is 5.69 Å². The van der Waals surface area contributed by atoms with Crippen molar-refractivity contribution >= 4 is 27.5 Å². The van der Waals surface area contributed by atoms with E-state index in [-0.39, 0.29) is 6.09 Å². The van der Waals surface area contributed by atoms with Gasteiger partial charge in [-0.1, -0.05) is 30.3 Å². The van der Waals surface area contributed by atoms with Gasteiger partial charge in [0.15, 0.2) is 0 Å². The van der Waals surface area contributed by atoms with Crippen molar-refractivity contribution in [3.05, 3.63) is 64.4 Å². The molecule has 1 aliphatic carbocycles. The highest BCUT2D eigenvalue weighted by molar-refractivity contribution is 9.10. The highest BCUT2D eigenvalue weighted by Gasteiger charge is 2.28. The molecule has 30 heavy (non-hydrogen) atoms. The summed E-state index contributed by atoms with van der Waals surface area (Å²) in [5, 5.41) is 0. The Bertz CT molecular complexity index is 1010. The summed E-state index contributed by atoms with van der Waals surface area (Å²) in [7, 11) is 1.83. The van der Waals surface area contributed by atoms with Gasteiger partial charge in [-0.15, -0.1) is 0 Å². The summed E-state index contributed by atoms with van der Waals surface area (Å²) in [4.78, 5) is 23.2. The zero-order valence-corrected chi connectivity index (χ0v) is 19.0. The van der Waals surface area contributed by atoms with E-state index in [9.17, 15) is 4.79 Å². The molecule has 0 atom stereocenters. The van der Waals surface area contributed by atoms with Gasteiger partial charge in [-0.25, -0.2) is 9.78 Å². The number of aromatic nitrogens is 3. The Balaban J connectivity index is 1.30. The van der Waals surface area contributed by atoms with Crippen LogP contribution in [0.1, 0.15) is 48.7 Å². The topological polar surface area (TPSA) is 59.7 Å². The minimum Gasteiger partial charge on any atom is -0.445 e. The van der Waals surface area contributed by atoms with E-state index in [1.807, 2.05) is 56.7 Å². The third-order valence-electron chi connectivity index (χ3n) is 5.98. The number of carbonyl (C=O) groups excluding carboxylic acids is 1. The molecular formula is C23H27BrN4O2. The predicted molar refractivity (Wildman–Crippen MR) is 119 cm³/mol. The molecule has 1 aliphatic rings. The monoisotopic (exact) mass is 470 g/mol. The second-order valence-electron chi connectivity index (χ2n) is 8.13. The van der Waals surface area contributed by atoms with Crippen molar-refractivity contribution in [2.45, 2.75) is 45.1 Å². The molecular weight excluding hydrogens is 444 g/mol. The highest BCUT2D eigenvalue weighted by Crippen LogP contribution is 2.37. The zero-order chi connectivity index (χ0) is 21.1. The molecule has 1 fully saturated rings. The fourth-order valence-electron chi connectivity index (χ4n) is 4.35. The van der Waals surface area contributed by atoms with Crippen molar-refractivity contribution in [2.24, 2.45) is 5.92 Å². The summed E-state index contributed by atoms with van der Waals surface area (Å²) in [5.41, 5.74) is 3.03. The number of hydrogen-bond donors (Lipinski definition) is 0. The fourth-order valence-corrected chi connectivity index (χ4v) is 5.01. The summed E-state index contributed by atoms with van der Waals surface area (Å²) in [5.74, 6) is 2.03. The second kappa shape index (κ2) is 9.16. The van der Waals surface area contributed by atoms with Crippen LogP contribution in [0.3, 0.4) is 0 Å². The number of fused-ring (bicyclic) bond motifs is 1. The third kappa shape index (κ3) is 4.51. The molecule has 2 aromatic heterocycles. The van der Waals surface area contributed by atoms with Gasteiger partial charge in [0.1, 0.15) is 22.6 Å². The van der Waals surface area contributed by atoms with E-state index in [0.29, 0.717) is 18.4 Å². The number of ether oxygens (including phenoxy) is 1. The highest BCUT2D eigenvalue weighted by atomic mass is 79.9. The first kappa shape index (κ1) is 20.8. The van der Waals surface area contributed by atoms with Crippen LogP contribution in [0.5, 0.6) is 0 Å². The van der Waals surface area contributed by atoms with E-state index in [0.717, 1.165) is 59.4 Å². The van der Waals surface area contributed by atoms with Crippen LogP contribution in [0, 0.1) is 12.8 Å². The molecule has 158 valence electrons. The molecule has 2 heterocycles. The fraction of sp³-hybridized carbons (Fsp3) is 0.435. The number of nitrogens with zero attached hydrogens (tertiary/aromatic N) is 4. The van der Waals surface area contributed by atoms with Gasteiger partial charge in [0.2, 0.25) is 0 Å². The Morgan fingerprint density at radius 1 is 1.23 bits per heavy atom. The minimum atomic E-state index is -0.257. The molecule has 0 radical (unpaired) electrons. The normalized spacial score (nSPS) is 19.0. The van der Waals surface area contributed by atoms with E-state index >= 15 is 0 Å². The molecule has 0 aliphatic heterocycles. The van der Waals surface area contributed by atoms with Gasteiger partial charge in [0, 0.05) is 31.9 Å². The van der Waals surface area contributed by atoms with Crippen molar-refractivity contribution < 1.29 is 9.53 Å². The molecule has 1 saturated carbocycles. The predicted octanol–water partition coefficient (Wildman–Crippen LogP) is 5.34. The maximum atomic E-state index is 12.3. The summed E-state index contributed by atoms with van der Waals surface area (Å²) in [6.45, 7) is 3.05. The van der Waals surface area contributed by atoms with Crippen molar-refractivity contribution in [1.29, 1.82) is 0 Å². The van der Waals surface area contributed by atoms with Crippen LogP contribution in [0.2, 0.25) is 0 Å². The van der Waals surface area contributed by atoms with Crippen LogP contribution in [0.4, 0.5) is 4.79 Å². The van der Waals surface area contributed by atoms with Crippen molar-refractivity contribution in [2.75, 3.05) is 13.6 Å². The van der Waals surface area contributed by atoms with Gasteiger partial charge in [-0.2, -0.15) is 0 Å². The number of aryl methyl sites for hydroxylation is 1. The van der Waals surface area contributed by atoms with Gasteiger partial charge in [-0.3, -0.25) is 9.38 Å². The number of carbonyl (C=O) groups is 1. The molecule has 6 nitrogen and oxygen atoms in total. The summed E-state index contributed by atoms with van der Waals surface area (Å²) in [6.07, 6.45) is 7.89. The van der Waals surface area contributed by atoms with E-state index in [1.165, 1.54) is 0 Å². The molecule has 4 rings (SSSR count). The lowest BCUT2D eigenvalue weighted by atomic mass is 9.81. The first-order valence-corrected chi connectivity index (χ1v) is 11.2. The number of benzene rings is 1. The number of amides is 1. The first-order valence-electron chi connectivity index (χ1n) is 10.4. The van der Waals surface area contributed by atoms with E-state index in [2.05, 4.69) is 25.3 Å². The molecule has 1 aromatic carbocycles. The second-order valence-corrected chi connectivity index (χ2v) is 8.88. The van der Waals surface area contributed by atoms with Crippen molar-refractivity contribution in [3.8, 4) is 0 Å². The van der Waals surface area contributed by atoms with Gasteiger partial charge < -0.3 is 9.64 Å². The Kier molecular flexibility index (Phi) is 6.37. The molecule has 0 saturated heterocycles. The third-order valence-corrected chi connectivity index (χ3v) is 6.54. The Labute approximate surface area is 185 Å². The Morgan fingerprint density at radius 2 is 1.97 bits per heavy atom. The number of imidazole rings is 1. The van der Waals surface area contributed by atoms with Crippen LogP contribution in [0.25, 0.3) is 5.52 Å². The molecule has 7 heteroatoms. The van der Waals surface area contributed by atoms with E-state index in [4.69, 9.17) is 9.72 Å². The summed E-state index contributed by atoms with van der Waals surface area (Å²) >= 11 is 3.60. The smallest absolute Gasteiger partial charge is 0.409 e. The van der Waals surface area contributed by atoms with Crippen LogP contribution in [-0.4, -0.2) is 39.0 Å². The van der Waals surface area contributed by atoms with Crippen LogP contribution >= 0.6 is 15.9 Å². The lowest BCUT2D eigenvalue weighted by Gasteiger charge is -2.30. The SMILES string of the molecule is Cc1nccn2c1c(Br)nc2[C@H]1CC[C@H](CN(C)C(=O)OCc2ccccc2)CC1. The molecule has 0 N–H and O–H groups in total. The van der Waals surface area contributed by atoms with Crippen LogP contribution in [-0.2, 0) is 11.3 Å². The average Bonchev–Trinajstić information content (AvgIpc) is 3.11. The first-order chi connectivity index (χ1) is 14.5. The number of rotatable bonds is 5. The van der Waals surface area contributed by atoms with Gasteiger partial charge >= 0.3 is 6.09 Å². The van der Waals surface area contributed by atoms with Gasteiger partial charge in [0.25, 0.3) is 0 Å². The van der Waals surface area contributed by atoms with Crippen LogP contribution < -0.4 is 0 Å². The number of hydrogen-bond acceptors (Lipinski definition) is 4. The molecule has 0 unspecified atom stereocenters. The number of halogens is 1. The standard InChI is InChI=1S/C23H27BrN4O2/c1-16-20-21(24)26-22(28(20)13-12-25-16)19-10-8-17(9-11-19)14-27(2)23(29)30-15-18-6-4-3-5-7-18/h3-7,12-13,17,19H,8-11,14-15H2,1-2H3/t17-,19-. The molecule has 1 amide bonds. The Hall–Kier alpha value is -2.41. The van der Waals surface area contributed by atoms with Crippen LogP contribution in [0.15, 0.2) is 47.3 Å². The average molecular weight is 471 g/mol. The molecule has 0 bridgehead atoms. The minimum absolute atomic E-state index is 0.257. The van der Waals surface area contributed by atoms with Crippen molar-refractivity contribution in [1.82, 2.24) is 19.3 Å². The molecule has 0 spiro atoms. The largest absolute Gasteiger partial charge is 0.445 e. The van der Waals surface area contributed by atoms with Crippen molar-refractivity contribution in [3.63, 3.8) is 0 Å². The lowest BCUT2D eigenvalue weighted by Crippen LogP contribution is -2.33. The molecule has 3 aromatic rings. The maximum Gasteiger partial charge on any atom is 0.409 e. The van der Waals surface area contributed by atoms with Gasteiger partial charge in [-0.05, 0) is 60.0 Å². The quantitative estimate of drug-likeness (QED) is 0.504.